The number of piperidine rings is 1. The molecule has 1 atom stereocenters. The van der Waals surface area contributed by atoms with Gasteiger partial charge in [0.15, 0.2) is 0 Å². The van der Waals surface area contributed by atoms with E-state index in [2.05, 4.69) is 32.7 Å². The Labute approximate surface area is 243 Å². The van der Waals surface area contributed by atoms with Gasteiger partial charge in [-0.05, 0) is 68.1 Å². The average Bonchev–Trinajstić information content (AvgIpc) is 3.34. The Balaban J connectivity index is 1.01. The van der Waals surface area contributed by atoms with E-state index in [-0.39, 0.29) is 11.7 Å². The quantitative estimate of drug-likeness (QED) is 0.254. The topological polar surface area (TPSA) is 103 Å². The highest BCUT2D eigenvalue weighted by atomic mass is 16.5. The summed E-state index contributed by atoms with van der Waals surface area (Å²) >= 11 is 0. The van der Waals surface area contributed by atoms with Gasteiger partial charge in [-0.3, -0.25) is 9.88 Å². The first kappa shape index (κ1) is 26.6. The lowest BCUT2D eigenvalue weighted by molar-refractivity contribution is -0.0592. The van der Waals surface area contributed by atoms with Crippen LogP contribution < -0.4 is 4.74 Å². The first-order valence-electron chi connectivity index (χ1n) is 14.6. The maximum atomic E-state index is 11.6. The highest BCUT2D eigenvalue weighted by molar-refractivity contribution is 5.92. The molecule has 3 aromatic heterocycles. The van der Waals surface area contributed by atoms with Crippen LogP contribution in [0.15, 0.2) is 72.9 Å². The van der Waals surface area contributed by atoms with Gasteiger partial charge in [0.2, 0.25) is 5.88 Å². The van der Waals surface area contributed by atoms with Crippen molar-refractivity contribution in [2.45, 2.75) is 51.0 Å². The number of hydrogen-bond acceptors (Lipinski definition) is 7. The molecule has 214 valence electrons. The zero-order valence-corrected chi connectivity index (χ0v) is 23.4. The van der Waals surface area contributed by atoms with Gasteiger partial charge in [-0.25, -0.2) is 14.8 Å². The standard InChI is InChI=1S/C33H33N5O4/c39-33(40)24-8-9-28-30(18-24)38(19-25-13-17-41-25)31(35-28)20-37-15-11-23(12-16-37)27-6-3-7-32(36-27)42-21-29-26-5-2-1-4-22(26)10-14-34-29/h1-10,14,18,23,25H,11-13,15-17,19-21H2,(H,39,40)/t25-/m0/s1. The monoisotopic (exact) mass is 563 g/mol. The van der Waals surface area contributed by atoms with Gasteiger partial charge in [-0.15, -0.1) is 0 Å². The minimum atomic E-state index is -0.929. The van der Waals surface area contributed by atoms with Crippen molar-refractivity contribution < 1.29 is 19.4 Å². The molecule has 42 heavy (non-hydrogen) atoms. The Kier molecular flexibility index (Phi) is 7.27. The zero-order chi connectivity index (χ0) is 28.5. The Bertz CT molecular complexity index is 1730. The number of fused-ring (bicyclic) bond motifs is 2. The SMILES string of the molecule is O=C(O)c1ccc2nc(CN3CCC(c4cccc(OCc5nccc6ccccc56)n4)CC3)n(C[C@@H]3CCO3)c2c1. The highest BCUT2D eigenvalue weighted by Crippen LogP contribution is 2.30. The number of carboxylic acid groups (broad SMARTS) is 1. The summed E-state index contributed by atoms with van der Waals surface area (Å²) in [6.45, 7) is 4.42. The van der Waals surface area contributed by atoms with Gasteiger partial charge in [-0.2, -0.15) is 0 Å². The number of carbonyl (C=O) groups is 1. The van der Waals surface area contributed by atoms with Gasteiger partial charge in [0.05, 0.1) is 41.5 Å². The van der Waals surface area contributed by atoms with Crippen LogP contribution in [0.25, 0.3) is 21.8 Å². The predicted molar refractivity (Wildman–Crippen MR) is 159 cm³/mol. The Morgan fingerprint density at radius 1 is 1.00 bits per heavy atom. The van der Waals surface area contributed by atoms with Gasteiger partial charge in [0.25, 0.3) is 0 Å². The number of nitrogens with zero attached hydrogens (tertiary/aromatic N) is 5. The molecular formula is C33H33N5O4. The number of aromatic carboxylic acids is 1. The molecule has 0 unspecified atom stereocenters. The van der Waals surface area contributed by atoms with Crippen molar-refractivity contribution in [1.82, 2.24) is 24.4 Å². The van der Waals surface area contributed by atoms with Crippen LogP contribution in [-0.2, 0) is 24.4 Å². The maximum Gasteiger partial charge on any atom is 0.335 e. The van der Waals surface area contributed by atoms with Crippen molar-refractivity contribution in [3.8, 4) is 5.88 Å². The molecule has 2 saturated heterocycles. The third-order valence-corrected chi connectivity index (χ3v) is 8.48. The van der Waals surface area contributed by atoms with Crippen LogP contribution in [0.5, 0.6) is 5.88 Å². The van der Waals surface area contributed by atoms with Crippen LogP contribution in [-0.4, -0.2) is 61.3 Å². The molecule has 2 aromatic carbocycles. The molecule has 0 amide bonds. The molecule has 0 aliphatic carbocycles. The number of imidazole rings is 1. The van der Waals surface area contributed by atoms with E-state index in [1.54, 1.807) is 12.1 Å². The largest absolute Gasteiger partial charge is 0.478 e. The number of benzene rings is 2. The number of pyridine rings is 2. The summed E-state index contributed by atoms with van der Waals surface area (Å²) in [7, 11) is 0. The van der Waals surface area contributed by atoms with Crippen molar-refractivity contribution >= 4 is 27.8 Å². The predicted octanol–water partition coefficient (Wildman–Crippen LogP) is 5.43. The number of ether oxygens (including phenoxy) is 2. The number of aromatic nitrogens is 4. The first-order chi connectivity index (χ1) is 20.6. The Morgan fingerprint density at radius 3 is 2.67 bits per heavy atom. The summed E-state index contributed by atoms with van der Waals surface area (Å²) < 4.78 is 14.0. The number of likely N-dealkylation sites (tertiary alicyclic amines) is 1. The van der Waals surface area contributed by atoms with Crippen LogP contribution in [0, 0.1) is 0 Å². The minimum Gasteiger partial charge on any atom is -0.478 e. The molecule has 5 aromatic rings. The van der Waals surface area contributed by atoms with Gasteiger partial charge >= 0.3 is 5.97 Å². The van der Waals surface area contributed by atoms with E-state index in [1.165, 1.54) is 0 Å². The summed E-state index contributed by atoms with van der Waals surface area (Å²) in [6.07, 6.45) is 4.98. The molecule has 0 saturated carbocycles. The molecule has 2 aliphatic heterocycles. The molecule has 0 radical (unpaired) electrons. The molecule has 0 spiro atoms. The molecule has 1 N–H and O–H groups in total. The molecule has 2 fully saturated rings. The van der Waals surface area contributed by atoms with Crippen molar-refractivity contribution in [3.63, 3.8) is 0 Å². The lowest BCUT2D eigenvalue weighted by Gasteiger charge is -2.32. The lowest BCUT2D eigenvalue weighted by Crippen LogP contribution is -2.35. The lowest BCUT2D eigenvalue weighted by atomic mass is 9.93. The van der Waals surface area contributed by atoms with E-state index in [9.17, 15) is 9.90 Å². The molecule has 7 rings (SSSR count). The average molecular weight is 564 g/mol. The molecular weight excluding hydrogens is 530 g/mol. The summed E-state index contributed by atoms with van der Waals surface area (Å²) in [5.41, 5.74) is 3.92. The van der Waals surface area contributed by atoms with E-state index in [1.807, 2.05) is 42.6 Å². The fourth-order valence-corrected chi connectivity index (χ4v) is 6.03. The number of carboxylic acids is 1. The summed E-state index contributed by atoms with van der Waals surface area (Å²) in [6, 6.07) is 21.4. The van der Waals surface area contributed by atoms with E-state index in [4.69, 9.17) is 19.4 Å². The molecule has 2 aliphatic rings. The Morgan fingerprint density at radius 2 is 1.86 bits per heavy atom. The first-order valence-corrected chi connectivity index (χ1v) is 14.6. The summed E-state index contributed by atoms with van der Waals surface area (Å²) in [5.74, 6) is 1.01. The second kappa shape index (κ2) is 11.5. The van der Waals surface area contributed by atoms with Crippen molar-refractivity contribution in [2.24, 2.45) is 0 Å². The fraction of sp³-hybridized carbons (Fsp3) is 0.333. The Hall–Kier alpha value is -4.34. The number of hydrogen-bond donors (Lipinski definition) is 1. The maximum absolute atomic E-state index is 11.6. The second-order valence-electron chi connectivity index (χ2n) is 11.1. The highest BCUT2D eigenvalue weighted by Gasteiger charge is 2.26. The van der Waals surface area contributed by atoms with Crippen molar-refractivity contribution in [1.29, 1.82) is 0 Å². The second-order valence-corrected chi connectivity index (χ2v) is 11.1. The smallest absolute Gasteiger partial charge is 0.335 e. The fourth-order valence-electron chi connectivity index (χ4n) is 6.03. The summed E-state index contributed by atoms with van der Waals surface area (Å²) in [4.78, 5) is 28.4. The van der Waals surface area contributed by atoms with E-state index in [0.717, 1.165) is 78.0 Å². The molecule has 9 nitrogen and oxygen atoms in total. The van der Waals surface area contributed by atoms with Crippen LogP contribution in [0.2, 0.25) is 0 Å². The normalized spacial score (nSPS) is 17.9. The van der Waals surface area contributed by atoms with Gasteiger partial charge < -0.3 is 19.1 Å². The molecule has 0 bridgehead atoms. The van der Waals surface area contributed by atoms with Gasteiger partial charge in [0, 0.05) is 35.9 Å². The number of rotatable bonds is 9. The van der Waals surface area contributed by atoms with Crippen LogP contribution >= 0.6 is 0 Å². The van der Waals surface area contributed by atoms with E-state index < -0.39 is 5.97 Å². The van der Waals surface area contributed by atoms with Crippen LogP contribution in [0.4, 0.5) is 0 Å². The van der Waals surface area contributed by atoms with Crippen LogP contribution in [0.1, 0.15) is 52.8 Å². The molecule has 9 heteroatoms. The zero-order valence-electron chi connectivity index (χ0n) is 23.4. The third kappa shape index (κ3) is 5.45. The van der Waals surface area contributed by atoms with Crippen molar-refractivity contribution in [3.05, 3.63) is 95.7 Å². The third-order valence-electron chi connectivity index (χ3n) is 8.48. The minimum absolute atomic E-state index is 0.150. The van der Waals surface area contributed by atoms with Gasteiger partial charge in [-0.1, -0.05) is 30.3 Å². The van der Waals surface area contributed by atoms with E-state index >= 15 is 0 Å². The van der Waals surface area contributed by atoms with Crippen LogP contribution in [0.3, 0.4) is 0 Å². The van der Waals surface area contributed by atoms with Gasteiger partial charge in [0.1, 0.15) is 12.4 Å². The molecule has 5 heterocycles. The van der Waals surface area contributed by atoms with E-state index in [0.29, 0.717) is 31.5 Å². The van der Waals surface area contributed by atoms with Crippen molar-refractivity contribution in [2.75, 3.05) is 19.7 Å². The summed E-state index contributed by atoms with van der Waals surface area (Å²) in [5, 5.41) is 11.8.